The Bertz CT molecular complexity index is 1610. The highest BCUT2D eigenvalue weighted by Gasteiger charge is 2.17. The fourth-order valence-electron chi connectivity index (χ4n) is 4.22. The van der Waals surface area contributed by atoms with Crippen LogP contribution in [0.4, 0.5) is 20.4 Å². The van der Waals surface area contributed by atoms with Crippen LogP contribution in [0.25, 0.3) is 27.8 Å². The van der Waals surface area contributed by atoms with Gasteiger partial charge in [-0.25, -0.2) is 23.7 Å². The van der Waals surface area contributed by atoms with E-state index in [0.717, 1.165) is 37.5 Å². The number of aromatic amines is 1. The summed E-state index contributed by atoms with van der Waals surface area (Å²) in [4.78, 5) is 27.2. The predicted molar refractivity (Wildman–Crippen MR) is 131 cm³/mol. The van der Waals surface area contributed by atoms with Gasteiger partial charge in [-0.15, -0.1) is 0 Å². The molecule has 1 aliphatic rings. The van der Waals surface area contributed by atoms with Crippen LogP contribution in [0.1, 0.15) is 25.0 Å². The maximum atomic E-state index is 14.9. The topological polar surface area (TPSA) is 100 Å². The Balaban J connectivity index is 0.00000124. The number of aromatic nitrogens is 5. The second-order valence-electron chi connectivity index (χ2n) is 7.88. The molecular formula is C25H23F2N7O. The summed E-state index contributed by atoms with van der Waals surface area (Å²) < 4.78 is 31.2. The van der Waals surface area contributed by atoms with E-state index >= 15 is 0 Å². The highest BCUT2D eigenvalue weighted by atomic mass is 19.1. The number of anilines is 2. The monoisotopic (exact) mass is 475 g/mol. The van der Waals surface area contributed by atoms with Gasteiger partial charge in [-0.1, -0.05) is 19.9 Å². The Morgan fingerprint density at radius 2 is 1.91 bits per heavy atom. The zero-order chi connectivity index (χ0) is 24.5. The number of fused-ring (bicyclic) bond motifs is 4. The van der Waals surface area contributed by atoms with Gasteiger partial charge >= 0.3 is 0 Å². The van der Waals surface area contributed by atoms with Gasteiger partial charge in [0.05, 0.1) is 23.3 Å². The summed E-state index contributed by atoms with van der Waals surface area (Å²) in [6.07, 6.45) is 4.91. The summed E-state index contributed by atoms with van der Waals surface area (Å²) in [5, 5.41) is 6.29. The molecule has 0 atom stereocenters. The summed E-state index contributed by atoms with van der Waals surface area (Å²) in [5.74, 6) is -1.32. The third-order valence-corrected chi connectivity index (χ3v) is 5.80. The van der Waals surface area contributed by atoms with Crippen LogP contribution in [-0.2, 0) is 13.0 Å². The molecule has 0 saturated heterocycles. The summed E-state index contributed by atoms with van der Waals surface area (Å²) in [7, 11) is 0. The van der Waals surface area contributed by atoms with E-state index in [1.807, 2.05) is 26.0 Å². The Kier molecular flexibility index (Phi) is 5.96. The molecule has 6 rings (SSSR count). The minimum atomic E-state index is -0.783. The Morgan fingerprint density at radius 1 is 1.06 bits per heavy atom. The van der Waals surface area contributed by atoms with E-state index in [2.05, 4.69) is 36.6 Å². The maximum Gasteiger partial charge on any atom is 0.261 e. The lowest BCUT2D eigenvalue weighted by molar-refractivity contribution is 0.617. The van der Waals surface area contributed by atoms with Crippen LogP contribution >= 0.6 is 0 Å². The molecule has 0 radical (unpaired) electrons. The molecule has 3 N–H and O–H groups in total. The van der Waals surface area contributed by atoms with Crippen LogP contribution in [0.15, 0.2) is 53.8 Å². The van der Waals surface area contributed by atoms with E-state index in [0.29, 0.717) is 5.65 Å². The molecule has 1 aliphatic heterocycles. The lowest BCUT2D eigenvalue weighted by Crippen LogP contribution is -2.23. The van der Waals surface area contributed by atoms with Crippen molar-refractivity contribution in [2.24, 2.45) is 0 Å². The zero-order valence-electron chi connectivity index (χ0n) is 19.2. The molecule has 0 amide bonds. The molecular weight excluding hydrogens is 452 g/mol. The van der Waals surface area contributed by atoms with Gasteiger partial charge in [0.15, 0.2) is 5.82 Å². The molecule has 178 valence electrons. The first-order valence-corrected chi connectivity index (χ1v) is 11.4. The number of H-pyrrole nitrogens is 1. The first-order chi connectivity index (χ1) is 17.1. The fraction of sp³-hybridized carbons (Fsp3) is 0.200. The van der Waals surface area contributed by atoms with Gasteiger partial charge in [0.1, 0.15) is 23.5 Å². The van der Waals surface area contributed by atoms with E-state index < -0.39 is 17.2 Å². The second kappa shape index (κ2) is 9.22. The van der Waals surface area contributed by atoms with Crippen LogP contribution in [0, 0.1) is 11.6 Å². The highest BCUT2D eigenvalue weighted by molar-refractivity contribution is 5.86. The molecule has 2 aromatic carbocycles. The minimum Gasteiger partial charge on any atom is -0.324 e. The molecule has 35 heavy (non-hydrogen) atoms. The van der Waals surface area contributed by atoms with E-state index in [1.165, 1.54) is 34.1 Å². The summed E-state index contributed by atoms with van der Waals surface area (Å²) in [6, 6.07) is 8.59. The Morgan fingerprint density at radius 3 is 2.77 bits per heavy atom. The Hall–Kier alpha value is -4.18. The van der Waals surface area contributed by atoms with E-state index in [9.17, 15) is 13.6 Å². The number of imidazole rings is 1. The first-order valence-electron chi connectivity index (χ1n) is 11.4. The average Bonchev–Trinajstić information content (AvgIpc) is 3.35. The van der Waals surface area contributed by atoms with Crippen molar-refractivity contribution in [2.75, 3.05) is 11.9 Å². The number of benzene rings is 2. The predicted octanol–water partition coefficient (Wildman–Crippen LogP) is 4.33. The quantitative estimate of drug-likeness (QED) is 0.359. The molecule has 10 heteroatoms. The van der Waals surface area contributed by atoms with Crippen molar-refractivity contribution >= 4 is 28.2 Å². The van der Waals surface area contributed by atoms with Crippen molar-refractivity contribution in [1.82, 2.24) is 29.7 Å². The molecule has 0 bridgehead atoms. The van der Waals surface area contributed by atoms with E-state index in [1.54, 1.807) is 0 Å². The molecule has 4 heterocycles. The molecule has 0 aliphatic carbocycles. The molecule has 0 saturated carbocycles. The third-order valence-electron chi connectivity index (χ3n) is 5.80. The number of hydrogen-bond acceptors (Lipinski definition) is 6. The number of hydrogen-bond donors (Lipinski definition) is 3. The van der Waals surface area contributed by atoms with E-state index in [-0.39, 0.29) is 28.1 Å². The molecule has 0 fully saturated rings. The first kappa shape index (κ1) is 22.6. The number of nitrogens with zero attached hydrogens (tertiary/aromatic N) is 4. The van der Waals surface area contributed by atoms with Crippen LogP contribution < -0.4 is 16.2 Å². The van der Waals surface area contributed by atoms with Gasteiger partial charge < -0.3 is 15.6 Å². The van der Waals surface area contributed by atoms with Gasteiger partial charge in [0.2, 0.25) is 5.95 Å². The lowest BCUT2D eigenvalue weighted by atomic mass is 10.0. The van der Waals surface area contributed by atoms with Crippen molar-refractivity contribution in [3.05, 3.63) is 82.2 Å². The zero-order valence-corrected chi connectivity index (χ0v) is 19.2. The van der Waals surface area contributed by atoms with Crippen molar-refractivity contribution in [3.8, 4) is 11.3 Å². The van der Waals surface area contributed by atoms with Gasteiger partial charge in [0, 0.05) is 17.8 Å². The summed E-state index contributed by atoms with van der Waals surface area (Å²) in [6.45, 7) is 5.72. The SMILES string of the molecule is CC.O=c1[nH]c2cncn2c2cc(-c3nc(Nc4ccc5c(c4)CNCC5)ncc3F)cc(F)c12. The minimum absolute atomic E-state index is 0.0820. The maximum absolute atomic E-state index is 14.9. The van der Waals surface area contributed by atoms with Gasteiger partial charge in [-0.3, -0.25) is 9.20 Å². The average molecular weight is 476 g/mol. The standard InChI is InChI=1S/C23H17F2N7O.C2H6/c24-16-6-13(7-18-20(16)22(33)30-19-10-27-11-32(18)19)21-17(25)9-28-23(31-21)29-15-2-1-12-3-4-26-8-14(12)5-15;1-2/h1-2,5-7,9-11,26H,3-4,8H2,(H,30,33)(H,28,29,31);1-2H3. The summed E-state index contributed by atoms with van der Waals surface area (Å²) in [5.41, 5.74) is 3.40. The van der Waals surface area contributed by atoms with Crippen LogP contribution in [-0.4, -0.2) is 30.9 Å². The van der Waals surface area contributed by atoms with E-state index in [4.69, 9.17) is 0 Å². The van der Waals surface area contributed by atoms with Crippen LogP contribution in [0.5, 0.6) is 0 Å². The molecule has 0 unspecified atom stereocenters. The lowest BCUT2D eigenvalue weighted by Gasteiger charge is -2.18. The molecule has 5 aromatic rings. The van der Waals surface area contributed by atoms with Crippen molar-refractivity contribution in [3.63, 3.8) is 0 Å². The van der Waals surface area contributed by atoms with Gasteiger partial charge in [-0.2, -0.15) is 0 Å². The normalized spacial score (nSPS) is 12.8. The van der Waals surface area contributed by atoms with Crippen LogP contribution in [0.3, 0.4) is 0 Å². The van der Waals surface area contributed by atoms with Crippen molar-refractivity contribution in [2.45, 2.75) is 26.8 Å². The highest BCUT2D eigenvalue weighted by Crippen LogP contribution is 2.28. The van der Waals surface area contributed by atoms with Crippen molar-refractivity contribution < 1.29 is 8.78 Å². The smallest absolute Gasteiger partial charge is 0.261 e. The Labute approximate surface area is 199 Å². The fourth-order valence-corrected chi connectivity index (χ4v) is 4.22. The van der Waals surface area contributed by atoms with Gasteiger partial charge in [0.25, 0.3) is 5.56 Å². The molecule has 8 nitrogen and oxygen atoms in total. The largest absolute Gasteiger partial charge is 0.324 e. The van der Waals surface area contributed by atoms with Gasteiger partial charge in [-0.05, 0) is 48.4 Å². The van der Waals surface area contributed by atoms with Crippen molar-refractivity contribution in [1.29, 1.82) is 0 Å². The van der Waals surface area contributed by atoms with Crippen LogP contribution in [0.2, 0.25) is 0 Å². The third kappa shape index (κ3) is 4.12. The molecule has 0 spiro atoms. The molecule has 3 aromatic heterocycles. The number of nitrogens with one attached hydrogen (secondary N) is 3. The summed E-state index contributed by atoms with van der Waals surface area (Å²) >= 11 is 0. The number of halogens is 2. The number of rotatable bonds is 3. The second-order valence-corrected chi connectivity index (χ2v) is 7.88.